The summed E-state index contributed by atoms with van der Waals surface area (Å²) in [5.74, 6) is 0.213. The van der Waals surface area contributed by atoms with Gasteiger partial charge in [-0.15, -0.1) is 0 Å². The molecule has 0 radical (unpaired) electrons. The average Bonchev–Trinajstić information content (AvgIpc) is 2.34. The second kappa shape index (κ2) is 7.43. The van der Waals surface area contributed by atoms with Gasteiger partial charge in [0.2, 0.25) is 0 Å². The maximum absolute atomic E-state index is 12.2. The first-order valence-corrected chi connectivity index (χ1v) is 8.32. The van der Waals surface area contributed by atoms with Crippen LogP contribution in [0.15, 0.2) is 0 Å². The van der Waals surface area contributed by atoms with Crippen LogP contribution in [0.1, 0.15) is 46.0 Å². The Labute approximate surface area is 111 Å². The largest absolute Gasteiger partial charge is 0.396 e. The number of aliphatic hydroxyl groups excluding tert-OH is 1. The van der Waals surface area contributed by atoms with E-state index in [-0.39, 0.29) is 18.6 Å². The summed E-state index contributed by atoms with van der Waals surface area (Å²) < 4.78 is 28.6. The zero-order valence-corrected chi connectivity index (χ0v) is 12.2. The first kappa shape index (κ1) is 15.9. The van der Waals surface area contributed by atoms with Crippen molar-refractivity contribution in [2.45, 2.75) is 52.0 Å². The second-order valence-electron chi connectivity index (χ2n) is 5.10. The molecule has 0 bridgehead atoms. The summed E-state index contributed by atoms with van der Waals surface area (Å²) in [4.78, 5) is 0. The van der Waals surface area contributed by atoms with Crippen molar-refractivity contribution in [3.05, 3.63) is 0 Å². The van der Waals surface area contributed by atoms with Crippen molar-refractivity contribution in [2.24, 2.45) is 5.92 Å². The summed E-state index contributed by atoms with van der Waals surface area (Å²) in [7, 11) is -3.35. The van der Waals surface area contributed by atoms with Gasteiger partial charge in [0, 0.05) is 25.7 Å². The van der Waals surface area contributed by atoms with Crippen molar-refractivity contribution in [2.75, 3.05) is 19.7 Å². The van der Waals surface area contributed by atoms with Gasteiger partial charge in [-0.25, -0.2) is 4.72 Å². The number of hydrogen-bond donors (Lipinski definition) is 2. The Balaban J connectivity index is 2.52. The molecule has 18 heavy (non-hydrogen) atoms. The van der Waals surface area contributed by atoms with Gasteiger partial charge in [0.05, 0.1) is 0 Å². The number of aliphatic hydroxyl groups is 1. The fourth-order valence-electron chi connectivity index (χ4n) is 2.37. The molecular formula is C12H26N2O3S. The van der Waals surface area contributed by atoms with E-state index >= 15 is 0 Å². The Morgan fingerprint density at radius 2 is 2.17 bits per heavy atom. The van der Waals surface area contributed by atoms with Crippen LogP contribution < -0.4 is 4.72 Å². The van der Waals surface area contributed by atoms with E-state index in [2.05, 4.69) is 4.72 Å². The Bertz CT molecular complexity index is 332. The van der Waals surface area contributed by atoms with E-state index in [1.54, 1.807) is 4.31 Å². The lowest BCUT2D eigenvalue weighted by Crippen LogP contribution is -2.48. The fourth-order valence-corrected chi connectivity index (χ4v) is 3.93. The molecule has 0 saturated carbocycles. The SMILES string of the molecule is CCC(CCO)CNS(=O)(=O)N1CCCCC1C. The van der Waals surface area contributed by atoms with Crippen LogP contribution in [0.4, 0.5) is 0 Å². The van der Waals surface area contributed by atoms with Gasteiger partial charge in [-0.05, 0) is 32.1 Å². The summed E-state index contributed by atoms with van der Waals surface area (Å²) in [5, 5.41) is 8.90. The molecule has 2 atom stereocenters. The Kier molecular flexibility index (Phi) is 6.55. The van der Waals surface area contributed by atoms with E-state index in [9.17, 15) is 8.42 Å². The maximum Gasteiger partial charge on any atom is 0.279 e. The third-order valence-electron chi connectivity index (χ3n) is 3.72. The van der Waals surface area contributed by atoms with Crippen LogP contribution in [0.3, 0.4) is 0 Å². The molecule has 2 unspecified atom stereocenters. The molecule has 0 spiro atoms. The predicted octanol–water partition coefficient (Wildman–Crippen LogP) is 1.10. The minimum atomic E-state index is -3.35. The molecule has 0 aromatic heterocycles. The zero-order chi connectivity index (χ0) is 13.6. The molecular weight excluding hydrogens is 252 g/mol. The van der Waals surface area contributed by atoms with Gasteiger partial charge in [0.1, 0.15) is 0 Å². The van der Waals surface area contributed by atoms with Crippen molar-refractivity contribution in [1.29, 1.82) is 0 Å². The molecule has 1 rings (SSSR count). The lowest BCUT2D eigenvalue weighted by molar-refractivity contribution is 0.249. The Morgan fingerprint density at radius 1 is 1.44 bits per heavy atom. The van der Waals surface area contributed by atoms with E-state index in [4.69, 9.17) is 5.11 Å². The van der Waals surface area contributed by atoms with Gasteiger partial charge >= 0.3 is 0 Å². The van der Waals surface area contributed by atoms with Crippen LogP contribution in [-0.4, -0.2) is 43.6 Å². The normalized spacial score (nSPS) is 24.1. The highest BCUT2D eigenvalue weighted by Crippen LogP contribution is 2.19. The monoisotopic (exact) mass is 278 g/mol. The van der Waals surface area contributed by atoms with E-state index < -0.39 is 10.2 Å². The fraction of sp³-hybridized carbons (Fsp3) is 1.00. The molecule has 1 aliphatic heterocycles. The molecule has 0 aliphatic carbocycles. The molecule has 1 saturated heterocycles. The van der Waals surface area contributed by atoms with Gasteiger partial charge in [0.15, 0.2) is 0 Å². The van der Waals surface area contributed by atoms with Gasteiger partial charge in [0.25, 0.3) is 10.2 Å². The average molecular weight is 278 g/mol. The molecule has 6 heteroatoms. The van der Waals surface area contributed by atoms with Crippen LogP contribution in [-0.2, 0) is 10.2 Å². The van der Waals surface area contributed by atoms with Crippen molar-refractivity contribution < 1.29 is 13.5 Å². The molecule has 1 aliphatic rings. The standard InChI is InChI=1S/C12H26N2O3S/c1-3-12(7-9-15)10-13-18(16,17)14-8-5-4-6-11(14)2/h11-13,15H,3-10H2,1-2H3. The molecule has 1 fully saturated rings. The number of nitrogens with zero attached hydrogens (tertiary/aromatic N) is 1. The summed E-state index contributed by atoms with van der Waals surface area (Å²) in [6.07, 6.45) is 4.51. The van der Waals surface area contributed by atoms with Crippen LogP contribution in [0.5, 0.6) is 0 Å². The second-order valence-corrected chi connectivity index (χ2v) is 6.80. The Hall–Kier alpha value is -0.170. The summed E-state index contributed by atoms with van der Waals surface area (Å²) in [5.41, 5.74) is 0. The minimum absolute atomic E-state index is 0.0918. The number of rotatable bonds is 7. The van der Waals surface area contributed by atoms with Gasteiger partial charge < -0.3 is 5.11 Å². The quantitative estimate of drug-likeness (QED) is 0.733. The van der Waals surface area contributed by atoms with Crippen molar-refractivity contribution in [1.82, 2.24) is 9.03 Å². The van der Waals surface area contributed by atoms with Crippen LogP contribution in [0.25, 0.3) is 0 Å². The summed E-state index contributed by atoms with van der Waals surface area (Å²) >= 11 is 0. The van der Waals surface area contributed by atoms with E-state index in [1.807, 2.05) is 13.8 Å². The van der Waals surface area contributed by atoms with Crippen LogP contribution in [0.2, 0.25) is 0 Å². The third-order valence-corrected chi connectivity index (χ3v) is 5.41. The highest BCUT2D eigenvalue weighted by Gasteiger charge is 2.29. The molecule has 2 N–H and O–H groups in total. The van der Waals surface area contributed by atoms with Gasteiger partial charge in [-0.3, -0.25) is 0 Å². The predicted molar refractivity (Wildman–Crippen MR) is 72.4 cm³/mol. The Morgan fingerprint density at radius 3 is 2.72 bits per heavy atom. The molecule has 0 amide bonds. The van der Waals surface area contributed by atoms with E-state index in [1.165, 1.54) is 0 Å². The molecule has 1 heterocycles. The maximum atomic E-state index is 12.2. The van der Waals surface area contributed by atoms with Crippen LogP contribution >= 0.6 is 0 Å². The minimum Gasteiger partial charge on any atom is -0.396 e. The topological polar surface area (TPSA) is 69.6 Å². The van der Waals surface area contributed by atoms with Crippen molar-refractivity contribution >= 4 is 10.2 Å². The number of piperidine rings is 1. The number of hydrogen-bond acceptors (Lipinski definition) is 3. The zero-order valence-electron chi connectivity index (χ0n) is 11.4. The smallest absolute Gasteiger partial charge is 0.279 e. The first-order chi connectivity index (χ1) is 8.51. The van der Waals surface area contributed by atoms with Crippen molar-refractivity contribution in [3.8, 4) is 0 Å². The highest BCUT2D eigenvalue weighted by atomic mass is 32.2. The van der Waals surface area contributed by atoms with Gasteiger partial charge in [-0.2, -0.15) is 12.7 Å². The highest BCUT2D eigenvalue weighted by molar-refractivity contribution is 7.87. The van der Waals surface area contributed by atoms with E-state index in [0.717, 1.165) is 25.7 Å². The lowest BCUT2D eigenvalue weighted by atomic mass is 10.0. The lowest BCUT2D eigenvalue weighted by Gasteiger charge is -2.32. The van der Waals surface area contributed by atoms with E-state index in [0.29, 0.717) is 19.5 Å². The first-order valence-electron chi connectivity index (χ1n) is 6.88. The number of nitrogens with one attached hydrogen (secondary N) is 1. The summed E-state index contributed by atoms with van der Waals surface area (Å²) in [6, 6.07) is 0.0918. The van der Waals surface area contributed by atoms with Crippen molar-refractivity contribution in [3.63, 3.8) is 0 Å². The van der Waals surface area contributed by atoms with Crippen LogP contribution in [0, 0.1) is 5.92 Å². The van der Waals surface area contributed by atoms with Gasteiger partial charge in [-0.1, -0.05) is 19.8 Å². The molecule has 0 aromatic rings. The summed E-state index contributed by atoms with van der Waals surface area (Å²) in [6.45, 7) is 5.12. The third kappa shape index (κ3) is 4.50. The molecule has 108 valence electrons. The molecule has 0 aromatic carbocycles. The molecule has 5 nitrogen and oxygen atoms in total.